The molecule has 0 aliphatic heterocycles. The highest BCUT2D eigenvalue weighted by Gasteiger charge is 2.24. The largest absolute Gasteiger partial charge is 0.454 e. The van der Waals surface area contributed by atoms with Crippen LogP contribution in [0.2, 0.25) is 0 Å². The zero-order chi connectivity index (χ0) is 19.0. The highest BCUT2D eigenvalue weighted by molar-refractivity contribution is 7.18. The molecule has 3 aromatic rings. The topological polar surface area (TPSA) is 72.0 Å². The van der Waals surface area contributed by atoms with Crippen LogP contribution in [-0.4, -0.2) is 15.9 Å². The number of ether oxygens (including phenoxy) is 1. The summed E-state index contributed by atoms with van der Waals surface area (Å²) in [6, 6.07) is 3.98. The van der Waals surface area contributed by atoms with Gasteiger partial charge in [0.2, 0.25) is 0 Å². The summed E-state index contributed by atoms with van der Waals surface area (Å²) in [6.45, 7) is 4.00. The van der Waals surface area contributed by atoms with E-state index in [0.717, 1.165) is 39.9 Å². The second kappa shape index (κ2) is 7.56. The van der Waals surface area contributed by atoms with Gasteiger partial charge in [0.15, 0.2) is 11.9 Å². The van der Waals surface area contributed by atoms with Gasteiger partial charge in [-0.05, 0) is 55.5 Å². The van der Waals surface area contributed by atoms with Gasteiger partial charge >= 0.3 is 5.97 Å². The van der Waals surface area contributed by atoms with E-state index in [4.69, 9.17) is 4.74 Å². The van der Waals surface area contributed by atoms with Crippen LogP contribution in [0.3, 0.4) is 0 Å². The Labute approximate surface area is 165 Å². The summed E-state index contributed by atoms with van der Waals surface area (Å²) in [5, 5.41) is 2.72. The number of nitrogens with one attached hydrogen (secondary N) is 1. The van der Waals surface area contributed by atoms with Crippen LogP contribution in [-0.2, 0) is 28.8 Å². The van der Waals surface area contributed by atoms with Gasteiger partial charge in [-0.3, -0.25) is 9.59 Å². The van der Waals surface area contributed by atoms with Crippen LogP contribution in [0, 0.1) is 5.92 Å². The van der Waals surface area contributed by atoms with Crippen LogP contribution in [0.25, 0.3) is 10.2 Å². The van der Waals surface area contributed by atoms with Crippen molar-refractivity contribution in [2.45, 2.75) is 52.1 Å². The lowest BCUT2D eigenvalue weighted by molar-refractivity contribution is -0.148. The number of nitrogens with zero attached hydrogens (tertiary/aromatic N) is 1. The number of aromatic nitrogens is 2. The lowest BCUT2D eigenvalue weighted by atomic mass is 9.89. The molecule has 7 heteroatoms. The molecule has 3 heterocycles. The van der Waals surface area contributed by atoms with Gasteiger partial charge in [-0.2, -0.15) is 0 Å². The Morgan fingerprint density at radius 2 is 2.33 bits per heavy atom. The molecule has 3 aromatic heterocycles. The van der Waals surface area contributed by atoms with E-state index in [9.17, 15) is 9.59 Å². The number of fused-ring (bicyclic) bond motifs is 3. The highest BCUT2D eigenvalue weighted by atomic mass is 32.1. The lowest BCUT2D eigenvalue weighted by Gasteiger charge is -2.17. The molecule has 4 rings (SSSR count). The zero-order valence-electron chi connectivity index (χ0n) is 15.4. The minimum atomic E-state index is -0.573. The van der Waals surface area contributed by atoms with E-state index in [2.05, 4.69) is 16.9 Å². The average Bonchev–Trinajstić information content (AvgIpc) is 3.26. The fourth-order valence-electron chi connectivity index (χ4n) is 3.55. The molecule has 0 bridgehead atoms. The summed E-state index contributed by atoms with van der Waals surface area (Å²) in [4.78, 5) is 35.4. The Morgan fingerprint density at radius 3 is 3.11 bits per heavy atom. The third kappa shape index (κ3) is 3.84. The maximum Gasteiger partial charge on any atom is 0.306 e. The molecule has 1 N–H and O–H groups in total. The predicted octanol–water partition coefficient (Wildman–Crippen LogP) is 4.41. The van der Waals surface area contributed by atoms with Crippen molar-refractivity contribution in [3.63, 3.8) is 0 Å². The van der Waals surface area contributed by atoms with E-state index in [1.54, 1.807) is 29.6 Å². The molecule has 0 radical (unpaired) electrons. The SMILES string of the molecule is C[C@@H]1CCc2c(sc3nc([C@H](C)OC(=O)CCc4cccs4)[nH]c(=O)c23)C1. The van der Waals surface area contributed by atoms with Crippen molar-refractivity contribution in [3.8, 4) is 0 Å². The molecule has 5 nitrogen and oxygen atoms in total. The summed E-state index contributed by atoms with van der Waals surface area (Å²) < 4.78 is 5.50. The van der Waals surface area contributed by atoms with Crippen molar-refractivity contribution in [1.29, 1.82) is 0 Å². The van der Waals surface area contributed by atoms with Gasteiger partial charge in [0.25, 0.3) is 5.56 Å². The smallest absolute Gasteiger partial charge is 0.306 e. The molecule has 0 saturated heterocycles. The van der Waals surface area contributed by atoms with Gasteiger partial charge in [-0.15, -0.1) is 22.7 Å². The van der Waals surface area contributed by atoms with Crippen molar-refractivity contribution in [2.24, 2.45) is 5.92 Å². The first-order valence-corrected chi connectivity index (χ1v) is 11.0. The maximum absolute atomic E-state index is 12.7. The van der Waals surface area contributed by atoms with Crippen LogP contribution in [0.15, 0.2) is 22.3 Å². The second-order valence-corrected chi connectivity index (χ2v) is 9.31. The highest BCUT2D eigenvalue weighted by Crippen LogP contribution is 2.36. The molecular weight excluding hydrogens is 380 g/mol. The molecule has 0 amide bonds. The molecule has 0 spiro atoms. The van der Waals surface area contributed by atoms with Crippen molar-refractivity contribution in [1.82, 2.24) is 9.97 Å². The zero-order valence-corrected chi connectivity index (χ0v) is 17.0. The monoisotopic (exact) mass is 402 g/mol. The summed E-state index contributed by atoms with van der Waals surface area (Å²) in [5.74, 6) is 0.786. The predicted molar refractivity (Wildman–Crippen MR) is 109 cm³/mol. The number of aryl methyl sites for hydroxylation is 2. The molecule has 1 aliphatic rings. The number of esters is 1. The lowest BCUT2D eigenvalue weighted by Crippen LogP contribution is -2.18. The summed E-state index contributed by atoms with van der Waals surface area (Å²) >= 11 is 3.24. The third-order valence-electron chi connectivity index (χ3n) is 5.03. The first-order chi connectivity index (χ1) is 13.0. The molecule has 27 heavy (non-hydrogen) atoms. The van der Waals surface area contributed by atoms with Crippen LogP contribution >= 0.6 is 22.7 Å². The van der Waals surface area contributed by atoms with E-state index in [1.165, 1.54) is 4.88 Å². The quantitative estimate of drug-likeness (QED) is 0.642. The van der Waals surface area contributed by atoms with Crippen molar-refractivity contribution in [2.75, 3.05) is 0 Å². The first-order valence-electron chi connectivity index (χ1n) is 9.27. The van der Waals surface area contributed by atoms with Gasteiger partial charge in [0.05, 0.1) is 11.8 Å². The fourth-order valence-corrected chi connectivity index (χ4v) is 5.65. The Kier molecular flexibility index (Phi) is 5.14. The van der Waals surface area contributed by atoms with Gasteiger partial charge in [-0.1, -0.05) is 13.0 Å². The number of rotatable bonds is 5. The normalized spacial score (nSPS) is 17.6. The molecule has 0 unspecified atom stereocenters. The van der Waals surface area contributed by atoms with Crippen molar-refractivity contribution < 1.29 is 9.53 Å². The molecule has 0 fully saturated rings. The Balaban J connectivity index is 1.51. The number of carbonyl (C=O) groups excluding carboxylic acids is 1. The second-order valence-electron chi connectivity index (χ2n) is 7.19. The van der Waals surface area contributed by atoms with Gasteiger partial charge in [-0.25, -0.2) is 4.98 Å². The number of thiophene rings is 2. The molecule has 0 aromatic carbocycles. The maximum atomic E-state index is 12.7. The number of H-pyrrole nitrogens is 1. The van der Waals surface area contributed by atoms with Crippen molar-refractivity contribution in [3.05, 3.63) is 49.0 Å². The average molecular weight is 403 g/mol. The number of aromatic amines is 1. The van der Waals surface area contributed by atoms with E-state index < -0.39 is 6.10 Å². The number of hydrogen-bond acceptors (Lipinski definition) is 6. The summed E-state index contributed by atoms with van der Waals surface area (Å²) in [5.41, 5.74) is 1.04. The van der Waals surface area contributed by atoms with E-state index in [0.29, 0.717) is 24.6 Å². The standard InChI is InChI=1S/C20H22N2O3S2/c1-11-5-7-14-15(10-11)27-20-17(14)19(24)21-18(22-20)12(2)25-16(23)8-6-13-4-3-9-26-13/h3-4,9,11-12H,5-8,10H2,1-2H3,(H,21,22,24)/t11-,12+/m1/s1. The first kappa shape index (κ1) is 18.4. The minimum Gasteiger partial charge on any atom is -0.454 e. The van der Waals surface area contributed by atoms with Crippen LogP contribution < -0.4 is 5.56 Å². The third-order valence-corrected chi connectivity index (χ3v) is 7.12. The number of carbonyl (C=O) groups is 1. The Morgan fingerprint density at radius 1 is 1.48 bits per heavy atom. The molecule has 142 valence electrons. The van der Waals surface area contributed by atoms with Crippen LogP contribution in [0.1, 0.15) is 53.9 Å². The fraction of sp³-hybridized carbons (Fsp3) is 0.450. The summed E-state index contributed by atoms with van der Waals surface area (Å²) in [7, 11) is 0. The van der Waals surface area contributed by atoms with Gasteiger partial charge < -0.3 is 9.72 Å². The minimum absolute atomic E-state index is 0.122. The molecule has 1 aliphatic carbocycles. The van der Waals surface area contributed by atoms with Crippen LogP contribution in [0.4, 0.5) is 0 Å². The molecular formula is C20H22N2O3S2. The summed E-state index contributed by atoms with van der Waals surface area (Å²) in [6.07, 6.45) is 3.48. The van der Waals surface area contributed by atoms with Gasteiger partial charge in [0, 0.05) is 9.75 Å². The molecule has 2 atom stereocenters. The molecule has 0 saturated carbocycles. The van der Waals surface area contributed by atoms with E-state index in [1.807, 2.05) is 17.5 Å². The van der Waals surface area contributed by atoms with Gasteiger partial charge in [0.1, 0.15) is 4.83 Å². The van der Waals surface area contributed by atoms with Crippen molar-refractivity contribution >= 4 is 38.9 Å². The van der Waals surface area contributed by atoms with Crippen LogP contribution in [0.5, 0.6) is 0 Å². The van der Waals surface area contributed by atoms with E-state index >= 15 is 0 Å². The Bertz CT molecular complexity index is 1020. The number of hydrogen-bond donors (Lipinski definition) is 1. The Hall–Kier alpha value is -1.99. The van der Waals surface area contributed by atoms with E-state index in [-0.39, 0.29) is 11.5 Å².